The number of carbonyl (C=O) groups is 12. The van der Waals surface area contributed by atoms with Crippen LogP contribution in [0.15, 0.2) is 12.2 Å². The highest BCUT2D eigenvalue weighted by Gasteiger charge is 2.46. The van der Waals surface area contributed by atoms with E-state index in [1.807, 2.05) is 55.4 Å². The molecule has 0 bridgehead atoms. The van der Waals surface area contributed by atoms with Crippen LogP contribution in [-0.4, -0.2) is 221 Å². The second-order valence-corrected chi connectivity index (χ2v) is 26.6. The van der Waals surface area contributed by atoms with E-state index in [0.717, 1.165) is 9.80 Å². The number of amides is 11. The predicted octanol–water partition coefficient (Wildman–Crippen LogP) is 3.72. The summed E-state index contributed by atoms with van der Waals surface area (Å²) in [6.45, 7) is 30.8. The summed E-state index contributed by atoms with van der Waals surface area (Å²) in [4.78, 5) is 183. The van der Waals surface area contributed by atoms with Crippen molar-refractivity contribution in [2.75, 3.05) is 55.9 Å². The molecule has 1 heterocycles. The second-order valence-electron chi connectivity index (χ2n) is 26.6. The molecule has 23 nitrogen and oxygen atoms in total. The molecule has 1 saturated heterocycles. The fourth-order valence-electron chi connectivity index (χ4n) is 10.7. The maximum atomic E-state index is 15.2. The van der Waals surface area contributed by atoms with Gasteiger partial charge in [-0.2, -0.15) is 0 Å². The molecular weight excluding hydrogens is 1100 g/mol. The number of carbonyl (C=O) groups excluding carboxylic acids is 12. The Hall–Kier alpha value is -6.42. The number of hydrogen-bond acceptors (Lipinski definition) is 12. The molecule has 490 valence electrons. The van der Waals surface area contributed by atoms with E-state index in [1.165, 1.54) is 87.7 Å². The van der Waals surface area contributed by atoms with E-state index in [9.17, 15) is 47.9 Å². The van der Waals surface area contributed by atoms with Crippen LogP contribution in [0.1, 0.15) is 157 Å². The van der Waals surface area contributed by atoms with Crippen LogP contribution in [0.4, 0.5) is 0 Å². The Morgan fingerprint density at radius 1 is 0.430 bits per heavy atom. The molecule has 86 heavy (non-hydrogen) atoms. The molecule has 1 unspecified atom stereocenters. The molecule has 0 aromatic carbocycles. The summed E-state index contributed by atoms with van der Waals surface area (Å²) in [5.41, 5.74) is 0. The third-order valence-corrected chi connectivity index (χ3v) is 16.1. The maximum absolute atomic E-state index is 15.2. The van der Waals surface area contributed by atoms with Gasteiger partial charge >= 0.3 is 0 Å². The van der Waals surface area contributed by atoms with Crippen LogP contribution in [0, 0.1) is 47.3 Å². The fraction of sp³-hybridized carbons (Fsp3) is 0.778. The minimum absolute atomic E-state index is 0.128. The van der Waals surface area contributed by atoms with E-state index < -0.39 is 161 Å². The lowest BCUT2D eigenvalue weighted by atomic mass is 9.92. The summed E-state index contributed by atoms with van der Waals surface area (Å²) < 4.78 is 0. The minimum atomic E-state index is -1.82. The molecule has 23 heteroatoms. The first-order valence-corrected chi connectivity index (χ1v) is 30.8. The summed E-state index contributed by atoms with van der Waals surface area (Å²) in [7, 11) is 9.80. The quantitative estimate of drug-likeness (QED) is 0.135. The van der Waals surface area contributed by atoms with Gasteiger partial charge in [0.25, 0.3) is 5.91 Å². The number of nitrogens with zero attached hydrogens (tertiary/aromatic N) is 7. The molecule has 0 aromatic rings. The van der Waals surface area contributed by atoms with Crippen molar-refractivity contribution in [3.05, 3.63) is 12.2 Å². The van der Waals surface area contributed by atoms with Crippen LogP contribution >= 0.6 is 0 Å². The first-order chi connectivity index (χ1) is 39.6. The van der Waals surface area contributed by atoms with Gasteiger partial charge in [0.05, 0.1) is 6.54 Å². The summed E-state index contributed by atoms with van der Waals surface area (Å²) in [5.74, 6) is -11.6. The Balaban J connectivity index is 4.37. The van der Waals surface area contributed by atoms with E-state index >= 15 is 9.59 Å². The van der Waals surface area contributed by atoms with Crippen molar-refractivity contribution in [3.8, 4) is 0 Å². The highest BCUT2D eigenvalue weighted by atomic mass is 16.2. The van der Waals surface area contributed by atoms with E-state index in [0.29, 0.717) is 0 Å². The maximum Gasteiger partial charge on any atom is 0.251 e. The van der Waals surface area contributed by atoms with Gasteiger partial charge in [-0.3, -0.25) is 57.5 Å². The number of likely N-dealkylation sites (N-methyl/N-ethyl adjacent to an activating group) is 7. The number of hydrogen-bond donors (Lipinski definition) is 4. The van der Waals surface area contributed by atoms with Crippen molar-refractivity contribution in [1.29, 1.82) is 0 Å². The topological polar surface area (TPSA) is 276 Å². The van der Waals surface area contributed by atoms with Gasteiger partial charge in [0, 0.05) is 55.3 Å². The minimum Gasteiger partial charge on any atom is -0.343 e. The number of ketones is 1. The van der Waals surface area contributed by atoms with Crippen molar-refractivity contribution in [3.63, 3.8) is 0 Å². The third-order valence-electron chi connectivity index (χ3n) is 16.1. The fourth-order valence-corrected chi connectivity index (χ4v) is 10.7. The average molecular weight is 1210 g/mol. The molecule has 1 fully saturated rings. The Labute approximate surface area is 514 Å². The van der Waals surface area contributed by atoms with Crippen molar-refractivity contribution >= 4 is 70.8 Å². The van der Waals surface area contributed by atoms with Crippen LogP contribution in [0.3, 0.4) is 0 Å². The van der Waals surface area contributed by atoms with Gasteiger partial charge in [-0.15, -0.1) is 0 Å². The van der Waals surface area contributed by atoms with Gasteiger partial charge < -0.3 is 55.6 Å². The zero-order chi connectivity index (χ0) is 66.8. The summed E-state index contributed by atoms with van der Waals surface area (Å²) >= 11 is 0. The lowest BCUT2D eigenvalue weighted by Crippen LogP contribution is -2.63. The summed E-state index contributed by atoms with van der Waals surface area (Å²) in [6, 6.07) is -12.7. The molecule has 1 aliphatic heterocycles. The van der Waals surface area contributed by atoms with Gasteiger partial charge in [0.1, 0.15) is 54.4 Å². The van der Waals surface area contributed by atoms with Crippen LogP contribution in [-0.2, 0) is 57.5 Å². The van der Waals surface area contributed by atoms with Crippen molar-refractivity contribution < 1.29 is 57.5 Å². The predicted molar refractivity (Wildman–Crippen MR) is 332 cm³/mol. The Morgan fingerprint density at radius 3 is 1.26 bits per heavy atom. The molecular formula is C63H111N11O12. The lowest BCUT2D eigenvalue weighted by Gasteiger charge is -2.41. The highest BCUT2D eigenvalue weighted by Crippen LogP contribution is 2.25. The Bertz CT molecular complexity index is 2410. The highest BCUT2D eigenvalue weighted by molar-refractivity contribution is 6.10. The zero-order valence-corrected chi connectivity index (χ0v) is 56.8. The molecule has 0 radical (unpaired) electrons. The van der Waals surface area contributed by atoms with Gasteiger partial charge in [-0.1, -0.05) is 116 Å². The molecule has 11 atom stereocenters. The van der Waals surface area contributed by atoms with Gasteiger partial charge in [0.15, 0.2) is 11.8 Å². The molecule has 0 aromatic heterocycles. The van der Waals surface area contributed by atoms with Gasteiger partial charge in [0.2, 0.25) is 59.1 Å². The zero-order valence-electron chi connectivity index (χ0n) is 56.8. The third kappa shape index (κ3) is 21.5. The van der Waals surface area contributed by atoms with Gasteiger partial charge in [-0.25, -0.2) is 0 Å². The van der Waals surface area contributed by atoms with Crippen LogP contribution in [0.25, 0.3) is 0 Å². The smallest absolute Gasteiger partial charge is 0.251 e. The van der Waals surface area contributed by atoms with E-state index in [4.69, 9.17) is 0 Å². The Morgan fingerprint density at radius 2 is 0.814 bits per heavy atom. The van der Waals surface area contributed by atoms with Crippen molar-refractivity contribution in [2.45, 2.75) is 217 Å². The molecule has 0 saturated carbocycles. The standard InChI is InChI=1S/C63H111N11O12/c1-26-27-28-41(16)53(76)52-57(80)67-49(38(10)11)61(84)68(19)33-48(75)69(20)44(29-34(2)3)56(79)66-50(39(12)13)62(85)70(21)45(30-35(4)5)55(78)64-42(17)54(77)65-43(18)58(81)71(22)46(31-36(6)7)59(82)72(23)47(32-37(8)9)60(83)73(24)51(40(14)15)63(86)74(52)25/h26-27,34-47,49-52H,28-33H2,1-25H3,(H,64,78)(H,65,77)(H,66,79)(H,67,80)/b27-26+/t41?,42-,43+,44-,45-,46-,47-,49-,50-,51-,52-/m0/s1. The molecule has 4 N–H and O–H groups in total. The normalized spacial score (nSPS) is 26.4. The molecule has 1 aliphatic rings. The largest absolute Gasteiger partial charge is 0.343 e. The first-order valence-electron chi connectivity index (χ1n) is 30.8. The number of allylic oxidation sites excluding steroid dienone is 2. The van der Waals surface area contributed by atoms with Crippen LogP contribution in [0.5, 0.6) is 0 Å². The second kappa shape index (κ2) is 34.8. The first kappa shape index (κ1) is 77.6. The Kier molecular flexibility index (Phi) is 31.4. The summed E-state index contributed by atoms with van der Waals surface area (Å²) in [6.07, 6.45) is 4.28. The van der Waals surface area contributed by atoms with E-state index in [-0.39, 0.29) is 55.8 Å². The van der Waals surface area contributed by atoms with Crippen molar-refractivity contribution in [2.24, 2.45) is 47.3 Å². The number of Topliss-reactive ketones (excluding diaryl/α,β-unsaturated/α-hetero) is 1. The van der Waals surface area contributed by atoms with Crippen molar-refractivity contribution in [1.82, 2.24) is 55.6 Å². The summed E-state index contributed by atoms with van der Waals surface area (Å²) in [5, 5.41) is 11.0. The van der Waals surface area contributed by atoms with Crippen LogP contribution in [0.2, 0.25) is 0 Å². The van der Waals surface area contributed by atoms with E-state index in [2.05, 4.69) is 21.3 Å². The molecule has 1 rings (SSSR count). The monoisotopic (exact) mass is 1210 g/mol. The molecule has 11 amide bonds. The van der Waals surface area contributed by atoms with E-state index in [1.54, 1.807) is 67.5 Å². The van der Waals surface area contributed by atoms with Crippen LogP contribution < -0.4 is 21.3 Å². The molecule has 0 aliphatic carbocycles. The molecule has 0 spiro atoms. The number of nitrogens with one attached hydrogen (secondary N) is 4. The number of rotatable bonds is 15. The average Bonchev–Trinajstić information content (AvgIpc) is 2.16. The SMILES string of the molecule is C/C=C/CC(C)C(=O)[C@H]1C(=O)N[C@@H](C(C)C)C(=O)N(C)CC(=O)N(C)[C@@H](CC(C)C)C(=O)N[C@@H](C(C)C)C(=O)N(C)[C@@H](CC(C)C)C(=O)N[C@@H](C)C(=O)N[C@H](C)C(=O)N(C)[C@@H](CC(C)C)C(=O)N(C)[C@@H](CC(C)C)C(=O)N(C)[C@@H](C(C)C)C(=O)N1C. The lowest BCUT2D eigenvalue weighted by molar-refractivity contribution is -0.157. The van der Waals surface area contributed by atoms with Gasteiger partial charge in [-0.05, 0) is 94.3 Å².